The van der Waals surface area contributed by atoms with E-state index in [1.807, 2.05) is 0 Å². The van der Waals surface area contributed by atoms with Crippen LogP contribution < -0.4 is 15.8 Å². The number of carbonyl (C=O) groups is 2. The fourth-order valence-corrected chi connectivity index (χ4v) is 3.02. The van der Waals surface area contributed by atoms with Gasteiger partial charge in [-0.3, -0.25) is 14.3 Å². The summed E-state index contributed by atoms with van der Waals surface area (Å²) in [5.74, 6) is -0.323. The van der Waals surface area contributed by atoms with Gasteiger partial charge in [0.1, 0.15) is 5.82 Å². The van der Waals surface area contributed by atoms with Crippen molar-refractivity contribution in [1.29, 1.82) is 0 Å². The summed E-state index contributed by atoms with van der Waals surface area (Å²) in [6.45, 7) is 0. The van der Waals surface area contributed by atoms with Crippen molar-refractivity contribution < 1.29 is 18.0 Å². The first kappa shape index (κ1) is 17.8. The molecule has 2 aromatic rings. The van der Waals surface area contributed by atoms with Gasteiger partial charge in [0, 0.05) is 11.9 Å². The average molecular weight is 366 g/mol. The molecule has 0 fully saturated rings. The molecule has 4 N–H and O–H groups in total. The standard InChI is InChI=1S/C14H14N4O4S2/c15-14(20)23-9-13(19)17-10-4-6-11(7-5-10)24(21,22)18-12-3-1-2-8-16-12/h1-8H,9H2,(H2,15,20)(H,16,18)(H,17,19). The highest BCUT2D eigenvalue weighted by Gasteiger charge is 2.15. The van der Waals surface area contributed by atoms with Gasteiger partial charge in [-0.05, 0) is 36.4 Å². The topological polar surface area (TPSA) is 131 Å². The Kier molecular flexibility index (Phi) is 5.77. The molecule has 0 saturated carbocycles. The van der Waals surface area contributed by atoms with Crippen molar-refractivity contribution in [3.63, 3.8) is 0 Å². The number of anilines is 2. The Hall–Kier alpha value is -2.59. The zero-order valence-corrected chi connectivity index (χ0v) is 13.9. The number of carbonyl (C=O) groups excluding carboxylic acids is 2. The maximum Gasteiger partial charge on any atom is 0.276 e. The number of aromatic nitrogens is 1. The molecule has 0 aliphatic rings. The van der Waals surface area contributed by atoms with Gasteiger partial charge in [-0.2, -0.15) is 0 Å². The van der Waals surface area contributed by atoms with Gasteiger partial charge in [0.05, 0.1) is 10.6 Å². The second-order valence-corrected chi connectivity index (χ2v) is 7.16. The summed E-state index contributed by atoms with van der Waals surface area (Å²) in [4.78, 5) is 26.1. The molecule has 0 aliphatic carbocycles. The van der Waals surface area contributed by atoms with Gasteiger partial charge in [0.15, 0.2) is 0 Å². The number of rotatable bonds is 6. The predicted octanol–water partition coefficient (Wildman–Crippen LogP) is 1.63. The van der Waals surface area contributed by atoms with Crippen molar-refractivity contribution in [1.82, 2.24) is 4.98 Å². The number of sulfonamides is 1. The largest absolute Gasteiger partial charge is 0.361 e. The van der Waals surface area contributed by atoms with Crippen molar-refractivity contribution in [3.8, 4) is 0 Å². The van der Waals surface area contributed by atoms with E-state index < -0.39 is 21.2 Å². The number of hydrogen-bond acceptors (Lipinski definition) is 6. The van der Waals surface area contributed by atoms with Crippen molar-refractivity contribution in [2.45, 2.75) is 4.90 Å². The summed E-state index contributed by atoms with van der Waals surface area (Å²) in [5, 5.41) is 1.88. The van der Waals surface area contributed by atoms with Crippen LogP contribution in [0.2, 0.25) is 0 Å². The minimum absolute atomic E-state index is 0.0256. The molecule has 126 valence electrons. The Balaban J connectivity index is 2.03. The zero-order chi connectivity index (χ0) is 17.6. The summed E-state index contributed by atoms with van der Waals surface area (Å²) in [7, 11) is -3.77. The molecule has 1 aromatic heterocycles. The Morgan fingerprint density at radius 3 is 2.42 bits per heavy atom. The van der Waals surface area contributed by atoms with Gasteiger partial charge in [-0.25, -0.2) is 13.4 Å². The lowest BCUT2D eigenvalue weighted by Crippen LogP contribution is -2.17. The lowest BCUT2D eigenvalue weighted by molar-refractivity contribution is -0.113. The molecule has 0 aliphatic heterocycles. The molecule has 0 bridgehead atoms. The van der Waals surface area contributed by atoms with Crippen LogP contribution in [-0.2, 0) is 14.8 Å². The van der Waals surface area contributed by atoms with Crippen molar-refractivity contribution >= 4 is 44.4 Å². The summed E-state index contributed by atoms with van der Waals surface area (Å²) >= 11 is 0.681. The van der Waals surface area contributed by atoms with E-state index in [0.29, 0.717) is 17.4 Å². The van der Waals surface area contributed by atoms with Crippen molar-refractivity contribution in [3.05, 3.63) is 48.7 Å². The number of nitrogens with one attached hydrogen (secondary N) is 2. The molecule has 0 unspecified atom stereocenters. The molecule has 8 nitrogen and oxygen atoms in total. The van der Waals surface area contributed by atoms with Gasteiger partial charge < -0.3 is 11.1 Å². The third-order valence-corrected chi connectivity index (χ3v) is 4.76. The molecule has 1 heterocycles. The number of benzene rings is 1. The minimum Gasteiger partial charge on any atom is -0.361 e. The lowest BCUT2D eigenvalue weighted by atomic mass is 10.3. The maximum atomic E-state index is 12.2. The van der Waals surface area contributed by atoms with E-state index >= 15 is 0 Å². The normalized spacial score (nSPS) is 10.8. The van der Waals surface area contributed by atoms with E-state index in [4.69, 9.17) is 5.73 Å². The zero-order valence-electron chi connectivity index (χ0n) is 12.3. The molecular formula is C14H14N4O4S2. The van der Waals surface area contributed by atoms with Crippen LogP contribution in [0.1, 0.15) is 0 Å². The maximum absolute atomic E-state index is 12.2. The number of thioether (sulfide) groups is 1. The van der Waals surface area contributed by atoms with Gasteiger partial charge in [0.25, 0.3) is 15.3 Å². The van der Waals surface area contributed by atoms with Crippen LogP contribution in [-0.4, -0.2) is 30.3 Å². The number of primary amides is 1. The van der Waals surface area contributed by atoms with E-state index in [0.717, 1.165) is 0 Å². The van der Waals surface area contributed by atoms with Crippen molar-refractivity contribution in [2.24, 2.45) is 5.73 Å². The van der Waals surface area contributed by atoms with Crippen LogP contribution >= 0.6 is 11.8 Å². The van der Waals surface area contributed by atoms with Gasteiger partial charge in [-0.15, -0.1) is 0 Å². The van der Waals surface area contributed by atoms with Crippen LogP contribution in [0, 0.1) is 0 Å². The van der Waals surface area contributed by atoms with Crippen LogP contribution in [0.5, 0.6) is 0 Å². The number of amides is 2. The number of pyridine rings is 1. The van der Waals surface area contributed by atoms with Crippen molar-refractivity contribution in [2.75, 3.05) is 15.8 Å². The third kappa shape index (κ3) is 5.25. The first-order valence-corrected chi connectivity index (χ1v) is 9.10. The van der Waals surface area contributed by atoms with E-state index in [9.17, 15) is 18.0 Å². The Morgan fingerprint density at radius 1 is 1.12 bits per heavy atom. The minimum atomic E-state index is -3.77. The number of hydrogen-bond donors (Lipinski definition) is 3. The molecular weight excluding hydrogens is 352 g/mol. The van der Waals surface area contributed by atoms with Crippen LogP contribution in [0.15, 0.2) is 53.6 Å². The van der Waals surface area contributed by atoms with E-state index in [2.05, 4.69) is 15.0 Å². The third-order valence-electron chi connectivity index (χ3n) is 2.70. The second kappa shape index (κ2) is 7.79. The van der Waals surface area contributed by atoms with E-state index in [1.165, 1.54) is 36.5 Å². The van der Waals surface area contributed by atoms with E-state index in [-0.39, 0.29) is 16.5 Å². The highest BCUT2D eigenvalue weighted by molar-refractivity contribution is 8.14. The molecule has 0 saturated heterocycles. The molecule has 2 rings (SSSR count). The average Bonchev–Trinajstić information content (AvgIpc) is 2.54. The van der Waals surface area contributed by atoms with E-state index in [1.54, 1.807) is 12.1 Å². The highest BCUT2D eigenvalue weighted by atomic mass is 32.2. The van der Waals surface area contributed by atoms with Gasteiger partial charge >= 0.3 is 0 Å². The highest BCUT2D eigenvalue weighted by Crippen LogP contribution is 2.17. The van der Waals surface area contributed by atoms with Gasteiger partial charge in [-0.1, -0.05) is 17.8 Å². The molecule has 24 heavy (non-hydrogen) atoms. The lowest BCUT2D eigenvalue weighted by Gasteiger charge is -2.08. The van der Waals surface area contributed by atoms with Crippen LogP contribution in [0.25, 0.3) is 0 Å². The molecule has 0 spiro atoms. The Morgan fingerprint density at radius 2 is 1.83 bits per heavy atom. The molecule has 10 heteroatoms. The fourth-order valence-electron chi connectivity index (χ4n) is 1.67. The quantitative estimate of drug-likeness (QED) is 0.712. The SMILES string of the molecule is NC(=O)SCC(=O)Nc1ccc(S(=O)(=O)Nc2ccccn2)cc1. The molecule has 0 radical (unpaired) electrons. The Bertz CT molecular complexity index is 824. The number of nitrogens with zero attached hydrogens (tertiary/aromatic N) is 1. The smallest absolute Gasteiger partial charge is 0.276 e. The summed E-state index contributed by atoms with van der Waals surface area (Å²) in [6.07, 6.45) is 1.47. The summed E-state index contributed by atoms with van der Waals surface area (Å²) < 4.78 is 26.8. The van der Waals surface area contributed by atoms with Gasteiger partial charge in [0.2, 0.25) is 5.91 Å². The van der Waals surface area contributed by atoms with Crippen LogP contribution in [0.3, 0.4) is 0 Å². The molecule has 0 atom stereocenters. The predicted molar refractivity (Wildman–Crippen MR) is 92.2 cm³/mol. The Labute approximate surface area is 142 Å². The first-order valence-electron chi connectivity index (χ1n) is 6.63. The van der Waals surface area contributed by atoms with Crippen LogP contribution in [0.4, 0.5) is 16.3 Å². The number of nitrogens with two attached hydrogens (primary N) is 1. The second-order valence-electron chi connectivity index (χ2n) is 4.50. The molecule has 2 amide bonds. The monoisotopic (exact) mass is 366 g/mol. The summed E-state index contributed by atoms with van der Waals surface area (Å²) in [5.41, 5.74) is 5.33. The molecule has 1 aromatic carbocycles. The summed E-state index contributed by atoms with van der Waals surface area (Å²) in [6, 6.07) is 10.5. The first-order chi connectivity index (χ1) is 11.4. The fraction of sp³-hybridized carbons (Fsp3) is 0.0714.